The van der Waals surface area contributed by atoms with Crippen molar-refractivity contribution < 1.29 is 9.18 Å². The zero-order valence-corrected chi connectivity index (χ0v) is 17.8. The Morgan fingerprint density at radius 1 is 1.17 bits per heavy atom. The molecule has 0 aliphatic rings. The van der Waals surface area contributed by atoms with Gasteiger partial charge in [0.15, 0.2) is 0 Å². The summed E-state index contributed by atoms with van der Waals surface area (Å²) in [5.74, 6) is -0.212. The second kappa shape index (κ2) is 9.74. The van der Waals surface area contributed by atoms with E-state index >= 15 is 0 Å². The lowest BCUT2D eigenvalue weighted by atomic mass is 10.1. The van der Waals surface area contributed by atoms with Crippen LogP contribution in [0.25, 0.3) is 11.3 Å². The first-order chi connectivity index (χ1) is 13.9. The van der Waals surface area contributed by atoms with Gasteiger partial charge in [-0.05, 0) is 55.3 Å². The van der Waals surface area contributed by atoms with Crippen molar-refractivity contribution in [3.05, 3.63) is 71.7 Å². The van der Waals surface area contributed by atoms with Crippen molar-refractivity contribution in [1.82, 2.24) is 15.1 Å². The highest BCUT2D eigenvalue weighted by atomic mass is 32.2. The number of rotatable bonds is 8. The van der Waals surface area contributed by atoms with Crippen molar-refractivity contribution in [2.45, 2.75) is 36.8 Å². The van der Waals surface area contributed by atoms with Crippen LogP contribution in [-0.4, -0.2) is 39.8 Å². The summed E-state index contributed by atoms with van der Waals surface area (Å²) in [7, 11) is 1.84. The molecule has 1 N–H and O–H groups in total. The minimum absolute atomic E-state index is 0.0466. The number of H-pyrrole nitrogens is 1. The number of aromatic amines is 1. The van der Waals surface area contributed by atoms with E-state index < -0.39 is 0 Å². The number of carbonyl (C=O) groups excluding carboxylic acids is 1. The Labute approximate surface area is 175 Å². The number of hydrogen-bond donors (Lipinski definition) is 1. The van der Waals surface area contributed by atoms with E-state index in [0.29, 0.717) is 11.8 Å². The number of aromatic nitrogens is 2. The SMILES string of the molecule is CC(C)Sc1ccccc1C(=O)N(C)CCCc1cc(-c2ccc(F)cc2)n[nH]1. The monoisotopic (exact) mass is 411 g/mol. The number of aryl methyl sites for hydroxylation is 1. The third-order valence-electron chi connectivity index (χ3n) is 4.54. The lowest BCUT2D eigenvalue weighted by molar-refractivity contribution is 0.0790. The largest absolute Gasteiger partial charge is 0.342 e. The predicted molar refractivity (Wildman–Crippen MR) is 117 cm³/mol. The lowest BCUT2D eigenvalue weighted by Crippen LogP contribution is -2.28. The van der Waals surface area contributed by atoms with Crippen molar-refractivity contribution in [3.63, 3.8) is 0 Å². The van der Waals surface area contributed by atoms with Gasteiger partial charge in [-0.1, -0.05) is 26.0 Å². The van der Waals surface area contributed by atoms with Crippen molar-refractivity contribution in [3.8, 4) is 11.3 Å². The van der Waals surface area contributed by atoms with E-state index in [1.54, 1.807) is 28.8 Å². The Morgan fingerprint density at radius 2 is 1.90 bits per heavy atom. The van der Waals surface area contributed by atoms with Crippen LogP contribution < -0.4 is 0 Å². The maximum Gasteiger partial charge on any atom is 0.254 e. The number of nitrogens with one attached hydrogen (secondary N) is 1. The van der Waals surface area contributed by atoms with E-state index in [4.69, 9.17) is 0 Å². The molecule has 29 heavy (non-hydrogen) atoms. The minimum atomic E-state index is -0.259. The van der Waals surface area contributed by atoms with Gasteiger partial charge in [0.2, 0.25) is 0 Å². The quantitative estimate of drug-likeness (QED) is 0.504. The molecule has 0 unspecified atom stereocenters. The number of halogens is 1. The molecule has 1 aromatic heterocycles. The standard InChI is InChI=1S/C23H26FN3OS/c1-16(2)29-22-9-5-4-8-20(22)23(28)27(3)14-6-7-19-15-21(26-25-19)17-10-12-18(24)13-11-17/h4-5,8-13,15-16H,6-7,14H2,1-3H3,(H,25,26). The van der Waals surface area contributed by atoms with Gasteiger partial charge in [-0.25, -0.2) is 4.39 Å². The zero-order valence-electron chi connectivity index (χ0n) is 17.0. The van der Waals surface area contributed by atoms with Gasteiger partial charge in [0.1, 0.15) is 5.82 Å². The molecule has 6 heteroatoms. The van der Waals surface area contributed by atoms with Gasteiger partial charge >= 0.3 is 0 Å². The summed E-state index contributed by atoms with van der Waals surface area (Å²) in [6.45, 7) is 4.91. The molecule has 3 rings (SSSR count). The van der Waals surface area contributed by atoms with Crippen LogP contribution in [0, 0.1) is 5.82 Å². The van der Waals surface area contributed by atoms with Crippen LogP contribution in [0.15, 0.2) is 59.5 Å². The molecule has 0 spiro atoms. The molecule has 152 valence electrons. The van der Waals surface area contributed by atoms with Gasteiger partial charge in [-0.15, -0.1) is 11.8 Å². The molecule has 0 fully saturated rings. The maximum absolute atomic E-state index is 13.1. The van der Waals surface area contributed by atoms with E-state index in [0.717, 1.165) is 40.3 Å². The number of nitrogens with zero attached hydrogens (tertiary/aromatic N) is 2. The van der Waals surface area contributed by atoms with Crippen molar-refractivity contribution in [1.29, 1.82) is 0 Å². The van der Waals surface area contributed by atoms with E-state index in [1.807, 2.05) is 37.4 Å². The smallest absolute Gasteiger partial charge is 0.254 e. The average Bonchev–Trinajstić information content (AvgIpc) is 3.17. The predicted octanol–water partition coefficient (Wildman–Crippen LogP) is 5.42. The van der Waals surface area contributed by atoms with Gasteiger partial charge in [-0.3, -0.25) is 9.89 Å². The molecule has 4 nitrogen and oxygen atoms in total. The molecule has 0 bridgehead atoms. The molecular weight excluding hydrogens is 385 g/mol. The minimum Gasteiger partial charge on any atom is -0.342 e. The Balaban J connectivity index is 1.56. The molecule has 0 saturated carbocycles. The Kier molecular flexibility index (Phi) is 7.09. The molecule has 3 aromatic rings. The fourth-order valence-electron chi connectivity index (χ4n) is 3.07. The number of carbonyl (C=O) groups is 1. The first-order valence-electron chi connectivity index (χ1n) is 9.75. The van der Waals surface area contributed by atoms with E-state index in [9.17, 15) is 9.18 Å². The molecule has 0 saturated heterocycles. The summed E-state index contributed by atoms with van der Waals surface area (Å²) in [4.78, 5) is 15.7. The summed E-state index contributed by atoms with van der Waals surface area (Å²) in [6, 6.07) is 16.1. The highest BCUT2D eigenvalue weighted by molar-refractivity contribution is 8.00. The Morgan fingerprint density at radius 3 is 2.62 bits per heavy atom. The van der Waals surface area contributed by atoms with Crippen LogP contribution in [0.3, 0.4) is 0 Å². The summed E-state index contributed by atoms with van der Waals surface area (Å²) in [6.07, 6.45) is 1.61. The normalized spacial score (nSPS) is 11.1. The third kappa shape index (κ3) is 5.70. The Hall–Kier alpha value is -2.60. The third-order valence-corrected chi connectivity index (χ3v) is 5.62. The summed E-state index contributed by atoms with van der Waals surface area (Å²) < 4.78 is 13.1. The van der Waals surface area contributed by atoms with Crippen LogP contribution in [0.1, 0.15) is 36.3 Å². The van der Waals surface area contributed by atoms with Crippen molar-refractivity contribution in [2.24, 2.45) is 0 Å². The number of thioether (sulfide) groups is 1. The number of hydrogen-bond acceptors (Lipinski definition) is 3. The maximum atomic E-state index is 13.1. The molecular formula is C23H26FN3OS. The van der Waals surface area contributed by atoms with Crippen LogP contribution in [0.2, 0.25) is 0 Å². The van der Waals surface area contributed by atoms with Gasteiger partial charge < -0.3 is 4.90 Å². The van der Waals surface area contributed by atoms with Crippen LogP contribution in [0.4, 0.5) is 4.39 Å². The number of amides is 1. The van der Waals surface area contributed by atoms with Gasteiger partial charge in [-0.2, -0.15) is 5.10 Å². The van der Waals surface area contributed by atoms with E-state index in [-0.39, 0.29) is 11.7 Å². The van der Waals surface area contributed by atoms with E-state index in [2.05, 4.69) is 24.0 Å². The van der Waals surface area contributed by atoms with Gasteiger partial charge in [0.05, 0.1) is 11.3 Å². The summed E-state index contributed by atoms with van der Waals surface area (Å²) >= 11 is 1.71. The topological polar surface area (TPSA) is 49.0 Å². The molecule has 1 heterocycles. The van der Waals surface area contributed by atoms with E-state index in [1.165, 1.54) is 12.1 Å². The van der Waals surface area contributed by atoms with Gasteiger partial charge in [0, 0.05) is 35.0 Å². The average molecular weight is 412 g/mol. The molecule has 0 radical (unpaired) electrons. The fourth-order valence-corrected chi connectivity index (χ4v) is 4.02. The molecule has 0 aliphatic carbocycles. The first-order valence-corrected chi connectivity index (χ1v) is 10.6. The van der Waals surface area contributed by atoms with Crippen molar-refractivity contribution in [2.75, 3.05) is 13.6 Å². The summed E-state index contributed by atoms with van der Waals surface area (Å²) in [5, 5.41) is 7.76. The first kappa shape index (κ1) is 21.1. The highest BCUT2D eigenvalue weighted by Crippen LogP contribution is 2.27. The van der Waals surface area contributed by atoms with Gasteiger partial charge in [0.25, 0.3) is 5.91 Å². The second-order valence-corrected chi connectivity index (χ2v) is 8.90. The molecule has 0 atom stereocenters. The molecule has 2 aromatic carbocycles. The number of benzene rings is 2. The zero-order chi connectivity index (χ0) is 20.8. The van der Waals surface area contributed by atoms with Crippen LogP contribution in [-0.2, 0) is 6.42 Å². The lowest BCUT2D eigenvalue weighted by Gasteiger charge is -2.19. The van der Waals surface area contributed by atoms with Crippen molar-refractivity contribution >= 4 is 17.7 Å². The van der Waals surface area contributed by atoms with Crippen LogP contribution in [0.5, 0.6) is 0 Å². The second-order valence-electron chi connectivity index (χ2n) is 7.28. The fraction of sp³-hybridized carbons (Fsp3) is 0.304. The molecule has 1 amide bonds. The highest BCUT2D eigenvalue weighted by Gasteiger charge is 2.16. The molecule has 0 aliphatic heterocycles. The van der Waals surface area contributed by atoms with Crippen LogP contribution >= 0.6 is 11.8 Å². The summed E-state index contributed by atoms with van der Waals surface area (Å²) in [5.41, 5.74) is 3.43. The Bertz CT molecular complexity index is 953.